The van der Waals surface area contributed by atoms with E-state index in [1.807, 2.05) is 32.0 Å². The molecule has 0 radical (unpaired) electrons. The van der Waals surface area contributed by atoms with E-state index in [2.05, 4.69) is 0 Å². The first kappa shape index (κ1) is 18.8. The van der Waals surface area contributed by atoms with E-state index in [-0.39, 0.29) is 63.7 Å². The summed E-state index contributed by atoms with van der Waals surface area (Å²) >= 11 is 0. The van der Waals surface area contributed by atoms with Crippen molar-refractivity contribution in [2.75, 3.05) is 0 Å². The predicted molar refractivity (Wildman–Crippen MR) is 75.4 cm³/mol. The summed E-state index contributed by atoms with van der Waals surface area (Å²) in [5.74, 6) is 0.239. The molecule has 0 amide bonds. The van der Waals surface area contributed by atoms with Gasteiger partial charge in [0.25, 0.3) is 0 Å². The first-order valence-corrected chi connectivity index (χ1v) is 6.35. The summed E-state index contributed by atoms with van der Waals surface area (Å²) in [7, 11) is 0. The molecule has 0 bridgehead atoms. The maximum Gasteiger partial charge on any atom is 1.00 e. The third-order valence-electron chi connectivity index (χ3n) is 3.14. The average Bonchev–Trinajstić information content (AvgIpc) is 2.39. The van der Waals surface area contributed by atoms with Crippen molar-refractivity contribution in [2.45, 2.75) is 20.5 Å². The molecule has 0 aliphatic rings. The number of aryl methyl sites for hydroxylation is 2. The van der Waals surface area contributed by atoms with Gasteiger partial charge in [-0.2, -0.15) is 0 Å². The summed E-state index contributed by atoms with van der Waals surface area (Å²) in [4.78, 5) is 0. The van der Waals surface area contributed by atoms with Crippen molar-refractivity contribution in [2.24, 2.45) is 0 Å². The Hall–Kier alpha value is -0.269. The third-order valence-corrected chi connectivity index (χ3v) is 3.14. The molecule has 0 aromatic heterocycles. The molecule has 2 rings (SSSR count). The van der Waals surface area contributed by atoms with Crippen LogP contribution in [0.25, 0.3) is 0 Å². The second kappa shape index (κ2) is 7.83. The van der Waals surface area contributed by atoms with Crippen LogP contribution in [0.1, 0.15) is 16.7 Å². The van der Waals surface area contributed by atoms with Crippen LogP contribution in [0.3, 0.4) is 0 Å². The van der Waals surface area contributed by atoms with Crippen molar-refractivity contribution in [3.05, 3.63) is 59.2 Å². The Bertz CT molecular complexity index is 614. The molecule has 21 heavy (non-hydrogen) atoms. The number of ether oxygens (including phenoxy) is 1. The van der Waals surface area contributed by atoms with Gasteiger partial charge in [0.15, 0.2) is 0 Å². The molecule has 0 fully saturated rings. The van der Waals surface area contributed by atoms with Gasteiger partial charge in [0, 0.05) is 0 Å². The SMILES string of the molecule is Cc1ccc(C)c(COc2cccc([B-](F)(F)F)c2)c1.[K+]. The van der Waals surface area contributed by atoms with Gasteiger partial charge >= 0.3 is 58.4 Å². The molecule has 106 valence electrons. The summed E-state index contributed by atoms with van der Waals surface area (Å²) < 4.78 is 43.4. The molecule has 6 heteroatoms. The maximum absolute atomic E-state index is 12.7. The van der Waals surface area contributed by atoms with E-state index in [9.17, 15) is 12.9 Å². The van der Waals surface area contributed by atoms with Crippen LogP contribution in [0.2, 0.25) is 0 Å². The van der Waals surface area contributed by atoms with E-state index in [4.69, 9.17) is 4.74 Å². The van der Waals surface area contributed by atoms with Crippen LogP contribution < -0.4 is 61.6 Å². The van der Waals surface area contributed by atoms with Crippen LogP contribution in [-0.4, -0.2) is 6.98 Å². The molecule has 2 aromatic carbocycles. The Balaban J connectivity index is 0.00000220. The standard InChI is InChI=1S/C15H15BF3O.K/c1-11-6-7-12(2)13(8-11)10-20-15-5-3-4-14(9-15)16(17,18)19;/h3-9H,10H2,1-2H3;/q-1;+1. The van der Waals surface area contributed by atoms with Gasteiger partial charge in [0.05, 0.1) is 0 Å². The molecule has 0 spiro atoms. The Morgan fingerprint density at radius 3 is 2.38 bits per heavy atom. The van der Waals surface area contributed by atoms with Gasteiger partial charge in [-0.25, -0.2) is 0 Å². The first-order chi connectivity index (χ1) is 9.36. The van der Waals surface area contributed by atoms with Crippen LogP contribution in [-0.2, 0) is 6.61 Å². The van der Waals surface area contributed by atoms with E-state index < -0.39 is 12.4 Å². The number of rotatable bonds is 4. The van der Waals surface area contributed by atoms with Crippen molar-refractivity contribution in [3.63, 3.8) is 0 Å². The zero-order valence-electron chi connectivity index (χ0n) is 12.4. The van der Waals surface area contributed by atoms with Crippen molar-refractivity contribution >= 4 is 12.4 Å². The Kier molecular flexibility index (Phi) is 7.00. The van der Waals surface area contributed by atoms with Gasteiger partial charge in [-0.1, -0.05) is 35.9 Å². The van der Waals surface area contributed by atoms with Gasteiger partial charge in [-0.15, -0.1) is 5.46 Å². The molecule has 0 N–H and O–H groups in total. The molecule has 0 unspecified atom stereocenters. The van der Waals surface area contributed by atoms with Gasteiger partial charge in [0.2, 0.25) is 0 Å². The molecular formula is C15H15BF3KO. The minimum Gasteiger partial charge on any atom is -0.489 e. The van der Waals surface area contributed by atoms with Gasteiger partial charge in [0.1, 0.15) is 12.4 Å². The molecule has 2 aromatic rings. The van der Waals surface area contributed by atoms with Crippen LogP contribution >= 0.6 is 0 Å². The number of benzene rings is 2. The number of hydrogen-bond donors (Lipinski definition) is 0. The van der Waals surface area contributed by atoms with Crippen LogP contribution in [0.5, 0.6) is 5.75 Å². The van der Waals surface area contributed by atoms with Crippen LogP contribution in [0.15, 0.2) is 42.5 Å². The second-order valence-corrected chi connectivity index (χ2v) is 4.87. The Morgan fingerprint density at radius 1 is 1.00 bits per heavy atom. The van der Waals surface area contributed by atoms with E-state index in [1.165, 1.54) is 12.1 Å². The minimum atomic E-state index is -4.99. The van der Waals surface area contributed by atoms with Gasteiger partial charge in [-0.05, 0) is 37.1 Å². The maximum atomic E-state index is 12.7. The molecule has 0 atom stereocenters. The summed E-state index contributed by atoms with van der Waals surface area (Å²) in [5, 5.41) is 0. The van der Waals surface area contributed by atoms with Gasteiger partial charge < -0.3 is 17.7 Å². The number of halogens is 3. The van der Waals surface area contributed by atoms with E-state index in [0.717, 1.165) is 28.8 Å². The molecule has 0 aliphatic heterocycles. The quantitative estimate of drug-likeness (QED) is 0.763. The third kappa shape index (κ3) is 5.45. The van der Waals surface area contributed by atoms with Crippen molar-refractivity contribution < 1.29 is 69.1 Å². The summed E-state index contributed by atoms with van der Waals surface area (Å²) in [5.41, 5.74) is 2.50. The zero-order chi connectivity index (χ0) is 14.8. The van der Waals surface area contributed by atoms with Crippen molar-refractivity contribution in [1.82, 2.24) is 0 Å². The predicted octanol–water partition coefficient (Wildman–Crippen LogP) is 0.941. The monoisotopic (exact) mass is 318 g/mol. The fourth-order valence-corrected chi connectivity index (χ4v) is 1.92. The molecule has 0 saturated heterocycles. The normalized spacial score (nSPS) is 10.9. The number of hydrogen-bond acceptors (Lipinski definition) is 1. The van der Waals surface area contributed by atoms with E-state index in [1.54, 1.807) is 0 Å². The molecule has 0 heterocycles. The minimum absolute atomic E-state index is 0. The topological polar surface area (TPSA) is 9.23 Å². The van der Waals surface area contributed by atoms with E-state index in [0.29, 0.717) is 0 Å². The van der Waals surface area contributed by atoms with E-state index >= 15 is 0 Å². The fraction of sp³-hybridized carbons (Fsp3) is 0.200. The molecule has 1 nitrogen and oxygen atoms in total. The summed E-state index contributed by atoms with van der Waals surface area (Å²) in [6.07, 6.45) is 0. The smallest absolute Gasteiger partial charge is 0.489 e. The average molecular weight is 318 g/mol. The fourth-order valence-electron chi connectivity index (χ4n) is 1.92. The van der Waals surface area contributed by atoms with Gasteiger partial charge in [-0.3, -0.25) is 0 Å². The van der Waals surface area contributed by atoms with Crippen molar-refractivity contribution in [3.8, 4) is 5.75 Å². The largest absolute Gasteiger partial charge is 1.00 e. The second-order valence-electron chi connectivity index (χ2n) is 4.87. The zero-order valence-corrected chi connectivity index (χ0v) is 15.5. The Morgan fingerprint density at radius 2 is 1.71 bits per heavy atom. The van der Waals surface area contributed by atoms with Crippen molar-refractivity contribution in [1.29, 1.82) is 0 Å². The first-order valence-electron chi connectivity index (χ1n) is 6.35. The van der Waals surface area contributed by atoms with Crippen LogP contribution in [0.4, 0.5) is 12.9 Å². The summed E-state index contributed by atoms with van der Waals surface area (Å²) in [6.45, 7) is -0.804. The van der Waals surface area contributed by atoms with Crippen LogP contribution in [0, 0.1) is 13.8 Å². The molecule has 0 aliphatic carbocycles. The Labute approximate surface area is 165 Å². The molecule has 0 saturated carbocycles. The molecular weight excluding hydrogens is 303 g/mol. The summed E-state index contributed by atoms with van der Waals surface area (Å²) in [6, 6.07) is 11.0.